The van der Waals surface area contributed by atoms with E-state index >= 15 is 0 Å². The smallest absolute Gasteiger partial charge is 0.0914 e. The van der Waals surface area contributed by atoms with Gasteiger partial charge in [-0.15, -0.1) is 11.3 Å². The van der Waals surface area contributed by atoms with E-state index in [4.69, 9.17) is 0 Å². The van der Waals surface area contributed by atoms with Gasteiger partial charge < -0.3 is 10.4 Å². The van der Waals surface area contributed by atoms with Gasteiger partial charge in [0.2, 0.25) is 0 Å². The van der Waals surface area contributed by atoms with E-state index in [0.29, 0.717) is 13.1 Å². The Kier molecular flexibility index (Phi) is 4.04. The fourth-order valence-electron chi connectivity index (χ4n) is 1.45. The van der Waals surface area contributed by atoms with Crippen molar-refractivity contribution in [3.8, 4) is 0 Å². The number of aliphatic hydroxyl groups excluding tert-OH is 1. The molecule has 1 aromatic heterocycles. The van der Waals surface area contributed by atoms with Crippen LogP contribution in [-0.2, 0) is 6.54 Å². The highest BCUT2D eigenvalue weighted by atomic mass is 32.1. The van der Waals surface area contributed by atoms with Gasteiger partial charge in [0.05, 0.1) is 17.3 Å². The lowest BCUT2D eigenvalue weighted by Crippen LogP contribution is -2.21. The molecule has 0 fully saturated rings. The highest BCUT2D eigenvalue weighted by Crippen LogP contribution is 2.10. The molecule has 0 aliphatic heterocycles. The molecule has 0 aliphatic rings. The molecule has 0 saturated carbocycles. The van der Waals surface area contributed by atoms with Crippen molar-refractivity contribution in [3.05, 3.63) is 52.5 Å². The molecule has 4 heteroatoms. The van der Waals surface area contributed by atoms with Crippen LogP contribution in [0.15, 0.2) is 41.2 Å². The molecule has 0 saturated heterocycles. The number of hydrogen-bond donors (Lipinski definition) is 2. The number of thiazole rings is 1. The average Bonchev–Trinajstić information content (AvgIpc) is 2.83. The second-order valence-corrected chi connectivity index (χ2v) is 4.26. The number of nitrogens with zero attached hydrogens (tertiary/aromatic N) is 1. The Morgan fingerprint density at radius 2 is 2.12 bits per heavy atom. The molecule has 2 rings (SSSR count). The number of nitrogens with one attached hydrogen (secondary N) is 1. The van der Waals surface area contributed by atoms with E-state index in [9.17, 15) is 5.11 Å². The molecule has 1 aromatic carbocycles. The highest BCUT2D eigenvalue weighted by Gasteiger charge is 2.05. The number of benzene rings is 1. The molecule has 1 unspecified atom stereocenters. The monoisotopic (exact) mass is 234 g/mol. The normalized spacial score (nSPS) is 12.6. The molecule has 0 spiro atoms. The molecule has 0 amide bonds. The molecule has 0 aliphatic carbocycles. The SMILES string of the molecule is OC(CNCc1cscn1)c1ccccc1. The third-order valence-corrected chi connectivity index (χ3v) is 2.95. The van der Waals surface area contributed by atoms with Crippen LogP contribution in [0.3, 0.4) is 0 Å². The number of rotatable bonds is 5. The standard InChI is InChI=1S/C12H14N2OS/c15-12(10-4-2-1-3-5-10)7-13-6-11-8-16-9-14-11/h1-5,8-9,12-13,15H,6-7H2. The number of aromatic nitrogens is 1. The minimum absolute atomic E-state index is 0.458. The van der Waals surface area contributed by atoms with Gasteiger partial charge >= 0.3 is 0 Å². The maximum Gasteiger partial charge on any atom is 0.0914 e. The average molecular weight is 234 g/mol. The first-order valence-corrected chi connectivity index (χ1v) is 6.11. The first-order valence-electron chi connectivity index (χ1n) is 5.17. The van der Waals surface area contributed by atoms with Crippen molar-refractivity contribution in [1.29, 1.82) is 0 Å². The quantitative estimate of drug-likeness (QED) is 0.831. The van der Waals surface area contributed by atoms with E-state index in [1.165, 1.54) is 0 Å². The molecule has 16 heavy (non-hydrogen) atoms. The molecule has 1 atom stereocenters. The molecule has 3 nitrogen and oxygen atoms in total. The Morgan fingerprint density at radius 3 is 2.81 bits per heavy atom. The van der Waals surface area contributed by atoms with E-state index in [2.05, 4.69) is 10.3 Å². The topological polar surface area (TPSA) is 45.1 Å². The Bertz CT molecular complexity index is 402. The van der Waals surface area contributed by atoms with E-state index in [-0.39, 0.29) is 0 Å². The third kappa shape index (κ3) is 3.13. The van der Waals surface area contributed by atoms with Crippen molar-refractivity contribution < 1.29 is 5.11 Å². The molecular formula is C12H14N2OS. The summed E-state index contributed by atoms with van der Waals surface area (Å²) >= 11 is 1.58. The van der Waals surface area contributed by atoms with Crippen molar-refractivity contribution >= 4 is 11.3 Å². The third-order valence-electron chi connectivity index (χ3n) is 2.31. The van der Waals surface area contributed by atoms with Crippen molar-refractivity contribution in [2.45, 2.75) is 12.6 Å². The van der Waals surface area contributed by atoms with Crippen LogP contribution in [0, 0.1) is 0 Å². The fourth-order valence-corrected chi connectivity index (χ4v) is 2.01. The summed E-state index contributed by atoms with van der Waals surface area (Å²) in [7, 11) is 0. The van der Waals surface area contributed by atoms with E-state index in [0.717, 1.165) is 11.3 Å². The molecule has 0 radical (unpaired) electrons. The lowest BCUT2D eigenvalue weighted by Gasteiger charge is -2.11. The van der Waals surface area contributed by atoms with Gasteiger partial charge in [-0.1, -0.05) is 30.3 Å². The Hall–Kier alpha value is -1.23. The molecule has 2 aromatic rings. The van der Waals surface area contributed by atoms with Crippen LogP contribution in [0.25, 0.3) is 0 Å². The van der Waals surface area contributed by atoms with Gasteiger partial charge in [-0.25, -0.2) is 4.98 Å². The summed E-state index contributed by atoms with van der Waals surface area (Å²) in [6, 6.07) is 9.65. The van der Waals surface area contributed by atoms with Gasteiger partial charge in [0.25, 0.3) is 0 Å². The van der Waals surface area contributed by atoms with Crippen molar-refractivity contribution in [2.75, 3.05) is 6.54 Å². The Labute approximate surface area is 98.8 Å². The summed E-state index contributed by atoms with van der Waals surface area (Å²) in [6.45, 7) is 1.24. The van der Waals surface area contributed by atoms with Gasteiger partial charge in [-0.05, 0) is 5.56 Å². The first kappa shape index (κ1) is 11.3. The van der Waals surface area contributed by atoms with Gasteiger partial charge in [0.1, 0.15) is 0 Å². The van der Waals surface area contributed by atoms with Gasteiger partial charge in [-0.2, -0.15) is 0 Å². The second-order valence-electron chi connectivity index (χ2n) is 3.54. The van der Waals surface area contributed by atoms with Crippen molar-refractivity contribution in [1.82, 2.24) is 10.3 Å². The zero-order valence-electron chi connectivity index (χ0n) is 8.84. The zero-order chi connectivity index (χ0) is 11.2. The summed E-state index contributed by atoms with van der Waals surface area (Å²) in [5.41, 5.74) is 3.77. The summed E-state index contributed by atoms with van der Waals surface area (Å²) in [6.07, 6.45) is -0.458. The van der Waals surface area contributed by atoms with E-state index in [1.807, 2.05) is 41.2 Å². The molecule has 2 N–H and O–H groups in total. The van der Waals surface area contributed by atoms with Crippen LogP contribution in [0.4, 0.5) is 0 Å². The summed E-state index contributed by atoms with van der Waals surface area (Å²) in [4.78, 5) is 4.16. The van der Waals surface area contributed by atoms with Crippen molar-refractivity contribution in [3.63, 3.8) is 0 Å². The van der Waals surface area contributed by atoms with Gasteiger partial charge in [-0.3, -0.25) is 0 Å². The van der Waals surface area contributed by atoms with Crippen LogP contribution in [0.2, 0.25) is 0 Å². The summed E-state index contributed by atoms with van der Waals surface area (Å²) < 4.78 is 0. The fraction of sp³-hybridized carbons (Fsp3) is 0.250. The van der Waals surface area contributed by atoms with Crippen LogP contribution in [-0.4, -0.2) is 16.6 Å². The zero-order valence-corrected chi connectivity index (χ0v) is 9.65. The number of hydrogen-bond acceptors (Lipinski definition) is 4. The highest BCUT2D eigenvalue weighted by molar-refractivity contribution is 7.07. The predicted octanol–water partition coefficient (Wildman–Crippen LogP) is 1.97. The minimum Gasteiger partial charge on any atom is -0.387 e. The molecule has 1 heterocycles. The van der Waals surface area contributed by atoms with Gasteiger partial charge in [0, 0.05) is 18.5 Å². The largest absolute Gasteiger partial charge is 0.387 e. The first-order chi connectivity index (χ1) is 7.86. The maximum atomic E-state index is 9.87. The lowest BCUT2D eigenvalue weighted by molar-refractivity contribution is 0.174. The van der Waals surface area contributed by atoms with E-state index in [1.54, 1.807) is 11.3 Å². The predicted molar refractivity (Wildman–Crippen MR) is 65.2 cm³/mol. The minimum atomic E-state index is -0.458. The Morgan fingerprint density at radius 1 is 1.31 bits per heavy atom. The number of aliphatic hydroxyl groups is 1. The summed E-state index contributed by atoms with van der Waals surface area (Å²) in [5.74, 6) is 0. The van der Waals surface area contributed by atoms with Crippen molar-refractivity contribution in [2.24, 2.45) is 0 Å². The summed E-state index contributed by atoms with van der Waals surface area (Å²) in [5, 5.41) is 15.1. The van der Waals surface area contributed by atoms with E-state index < -0.39 is 6.10 Å². The van der Waals surface area contributed by atoms with Crippen LogP contribution < -0.4 is 5.32 Å². The molecular weight excluding hydrogens is 220 g/mol. The molecule has 84 valence electrons. The Balaban J connectivity index is 1.78. The van der Waals surface area contributed by atoms with Crippen LogP contribution in [0.5, 0.6) is 0 Å². The second kappa shape index (κ2) is 5.75. The van der Waals surface area contributed by atoms with Crippen LogP contribution in [0.1, 0.15) is 17.4 Å². The lowest BCUT2D eigenvalue weighted by atomic mass is 10.1. The maximum absolute atomic E-state index is 9.87. The van der Waals surface area contributed by atoms with Gasteiger partial charge in [0.15, 0.2) is 0 Å². The van der Waals surface area contributed by atoms with Crippen LogP contribution >= 0.6 is 11.3 Å². The molecule has 0 bridgehead atoms.